The Morgan fingerprint density at radius 1 is 1.00 bits per heavy atom. The summed E-state index contributed by atoms with van der Waals surface area (Å²) in [5, 5.41) is 0. The molecule has 0 aliphatic carbocycles. The third-order valence-electron chi connectivity index (χ3n) is 4.14. The molecule has 0 radical (unpaired) electrons. The SMILES string of the molecule is C=Cc1ccccc1C(Cc1ccccc1C)CC(C)C. The standard InChI is InChI=1S/C21H26/c1-5-18-11-8-9-13-21(18)20(14-16(2)3)15-19-12-7-6-10-17(19)4/h5-13,16,20H,1,14-15H2,2-4H3. The highest BCUT2D eigenvalue weighted by Gasteiger charge is 2.17. The van der Waals surface area contributed by atoms with Gasteiger partial charge in [-0.25, -0.2) is 0 Å². The van der Waals surface area contributed by atoms with Crippen molar-refractivity contribution in [2.45, 2.75) is 39.5 Å². The van der Waals surface area contributed by atoms with Gasteiger partial charge in [-0.1, -0.05) is 75.0 Å². The minimum Gasteiger partial charge on any atom is -0.0985 e. The average Bonchev–Trinajstić information content (AvgIpc) is 2.48. The topological polar surface area (TPSA) is 0 Å². The second kappa shape index (κ2) is 7.26. The van der Waals surface area contributed by atoms with E-state index in [-0.39, 0.29) is 0 Å². The Bertz CT molecular complexity index is 592. The molecule has 0 saturated carbocycles. The normalized spacial score (nSPS) is 12.4. The third-order valence-corrected chi connectivity index (χ3v) is 4.14. The molecule has 0 spiro atoms. The molecule has 0 N–H and O–H groups in total. The summed E-state index contributed by atoms with van der Waals surface area (Å²) in [5.74, 6) is 1.25. The highest BCUT2D eigenvalue weighted by Crippen LogP contribution is 2.31. The van der Waals surface area contributed by atoms with Crippen LogP contribution in [0.2, 0.25) is 0 Å². The monoisotopic (exact) mass is 278 g/mol. The molecule has 0 heteroatoms. The predicted octanol–water partition coefficient (Wildman–Crippen LogP) is 6.01. The van der Waals surface area contributed by atoms with Crippen LogP contribution in [0.5, 0.6) is 0 Å². The van der Waals surface area contributed by atoms with Crippen molar-refractivity contribution in [3.05, 3.63) is 77.4 Å². The maximum Gasteiger partial charge on any atom is -0.0113 e. The van der Waals surface area contributed by atoms with Crippen molar-refractivity contribution in [1.82, 2.24) is 0 Å². The van der Waals surface area contributed by atoms with E-state index in [4.69, 9.17) is 0 Å². The smallest absolute Gasteiger partial charge is 0.0113 e. The molecule has 0 bridgehead atoms. The van der Waals surface area contributed by atoms with Crippen LogP contribution in [0.25, 0.3) is 6.08 Å². The fourth-order valence-electron chi connectivity index (χ4n) is 3.06. The van der Waals surface area contributed by atoms with Crippen molar-refractivity contribution >= 4 is 6.08 Å². The largest absolute Gasteiger partial charge is 0.0985 e. The van der Waals surface area contributed by atoms with Crippen LogP contribution in [0.3, 0.4) is 0 Å². The highest BCUT2D eigenvalue weighted by atomic mass is 14.2. The summed E-state index contributed by atoms with van der Waals surface area (Å²) in [4.78, 5) is 0. The minimum absolute atomic E-state index is 0.556. The van der Waals surface area contributed by atoms with Gasteiger partial charge in [0, 0.05) is 0 Å². The number of aryl methyl sites for hydroxylation is 1. The van der Waals surface area contributed by atoms with Crippen molar-refractivity contribution in [3.8, 4) is 0 Å². The Labute approximate surface area is 129 Å². The first kappa shape index (κ1) is 15.6. The maximum absolute atomic E-state index is 3.98. The first-order valence-electron chi connectivity index (χ1n) is 7.87. The van der Waals surface area contributed by atoms with E-state index in [1.165, 1.54) is 28.7 Å². The molecular weight excluding hydrogens is 252 g/mol. The van der Waals surface area contributed by atoms with E-state index in [9.17, 15) is 0 Å². The van der Waals surface area contributed by atoms with Gasteiger partial charge >= 0.3 is 0 Å². The van der Waals surface area contributed by atoms with E-state index < -0.39 is 0 Å². The molecule has 21 heavy (non-hydrogen) atoms. The molecule has 2 rings (SSSR count). The predicted molar refractivity (Wildman–Crippen MR) is 93.6 cm³/mol. The lowest BCUT2D eigenvalue weighted by Crippen LogP contribution is -2.09. The zero-order valence-electron chi connectivity index (χ0n) is 13.5. The summed E-state index contributed by atoms with van der Waals surface area (Å²) < 4.78 is 0. The zero-order valence-corrected chi connectivity index (χ0v) is 13.5. The lowest BCUT2D eigenvalue weighted by Gasteiger charge is -2.22. The van der Waals surface area contributed by atoms with E-state index in [2.05, 4.69) is 75.9 Å². The van der Waals surface area contributed by atoms with E-state index >= 15 is 0 Å². The molecule has 0 amide bonds. The Morgan fingerprint density at radius 2 is 1.67 bits per heavy atom. The van der Waals surface area contributed by atoms with Crippen LogP contribution in [0.15, 0.2) is 55.1 Å². The van der Waals surface area contributed by atoms with Crippen LogP contribution in [0.1, 0.15) is 48.4 Å². The van der Waals surface area contributed by atoms with Gasteiger partial charge in [-0.05, 0) is 53.9 Å². The van der Waals surface area contributed by atoms with E-state index in [0.717, 1.165) is 6.42 Å². The molecule has 0 saturated heterocycles. The van der Waals surface area contributed by atoms with Crippen molar-refractivity contribution in [2.75, 3.05) is 0 Å². The summed E-state index contributed by atoms with van der Waals surface area (Å²) >= 11 is 0. The number of benzene rings is 2. The van der Waals surface area contributed by atoms with Crippen LogP contribution in [-0.2, 0) is 6.42 Å². The zero-order chi connectivity index (χ0) is 15.2. The summed E-state index contributed by atoms with van der Waals surface area (Å²) in [6.07, 6.45) is 4.30. The van der Waals surface area contributed by atoms with Crippen molar-refractivity contribution < 1.29 is 0 Å². The molecule has 2 aromatic rings. The van der Waals surface area contributed by atoms with Crippen LogP contribution in [0.4, 0.5) is 0 Å². The fraction of sp³-hybridized carbons (Fsp3) is 0.333. The van der Waals surface area contributed by atoms with Gasteiger partial charge in [0.25, 0.3) is 0 Å². The quantitative estimate of drug-likeness (QED) is 0.607. The molecule has 1 unspecified atom stereocenters. The first-order chi connectivity index (χ1) is 10.1. The molecule has 0 nitrogen and oxygen atoms in total. The van der Waals surface area contributed by atoms with Gasteiger partial charge < -0.3 is 0 Å². The Hall–Kier alpha value is -1.82. The molecular formula is C21H26. The first-order valence-corrected chi connectivity index (χ1v) is 7.87. The van der Waals surface area contributed by atoms with E-state index in [1.807, 2.05) is 6.08 Å². The van der Waals surface area contributed by atoms with E-state index in [1.54, 1.807) is 0 Å². The second-order valence-electron chi connectivity index (χ2n) is 6.29. The van der Waals surface area contributed by atoms with Crippen molar-refractivity contribution in [2.24, 2.45) is 5.92 Å². The van der Waals surface area contributed by atoms with Gasteiger partial charge in [0.15, 0.2) is 0 Å². The lowest BCUT2D eigenvalue weighted by molar-refractivity contribution is 0.496. The summed E-state index contributed by atoms with van der Waals surface area (Å²) in [5.41, 5.74) is 5.56. The summed E-state index contributed by atoms with van der Waals surface area (Å²) in [6, 6.07) is 17.4. The Kier molecular flexibility index (Phi) is 5.38. The maximum atomic E-state index is 3.98. The van der Waals surface area contributed by atoms with Crippen LogP contribution in [0, 0.1) is 12.8 Å². The number of hydrogen-bond donors (Lipinski definition) is 0. The van der Waals surface area contributed by atoms with Crippen molar-refractivity contribution in [3.63, 3.8) is 0 Å². The molecule has 2 aromatic carbocycles. The molecule has 0 heterocycles. The van der Waals surface area contributed by atoms with Gasteiger partial charge in [-0.3, -0.25) is 0 Å². The summed E-state index contributed by atoms with van der Waals surface area (Å²) in [7, 11) is 0. The van der Waals surface area contributed by atoms with Gasteiger partial charge in [-0.15, -0.1) is 0 Å². The number of rotatable bonds is 6. The number of hydrogen-bond acceptors (Lipinski definition) is 0. The molecule has 110 valence electrons. The fourth-order valence-corrected chi connectivity index (χ4v) is 3.06. The molecule has 0 aliphatic rings. The molecule has 1 atom stereocenters. The minimum atomic E-state index is 0.556. The van der Waals surface area contributed by atoms with Gasteiger partial charge in [0.2, 0.25) is 0 Å². The Morgan fingerprint density at radius 3 is 2.33 bits per heavy atom. The molecule has 0 aromatic heterocycles. The van der Waals surface area contributed by atoms with Crippen molar-refractivity contribution in [1.29, 1.82) is 0 Å². The van der Waals surface area contributed by atoms with Crippen LogP contribution < -0.4 is 0 Å². The highest BCUT2D eigenvalue weighted by molar-refractivity contribution is 5.53. The van der Waals surface area contributed by atoms with Gasteiger partial charge in [-0.2, -0.15) is 0 Å². The van der Waals surface area contributed by atoms with E-state index in [0.29, 0.717) is 11.8 Å². The van der Waals surface area contributed by atoms with Gasteiger partial charge in [0.05, 0.1) is 0 Å². The third kappa shape index (κ3) is 4.07. The second-order valence-corrected chi connectivity index (χ2v) is 6.29. The molecule has 0 aliphatic heterocycles. The van der Waals surface area contributed by atoms with Crippen LogP contribution >= 0.6 is 0 Å². The molecule has 0 fully saturated rings. The van der Waals surface area contributed by atoms with Crippen LogP contribution in [-0.4, -0.2) is 0 Å². The van der Waals surface area contributed by atoms with Gasteiger partial charge in [0.1, 0.15) is 0 Å². The lowest BCUT2D eigenvalue weighted by atomic mass is 9.82. The average molecular weight is 278 g/mol. The summed E-state index contributed by atoms with van der Waals surface area (Å²) in [6.45, 7) is 10.8. The Balaban J connectivity index is 2.34.